The second-order valence-electron chi connectivity index (χ2n) is 6.09. The van der Waals surface area contributed by atoms with Gasteiger partial charge in [0.2, 0.25) is 0 Å². The van der Waals surface area contributed by atoms with E-state index in [0.29, 0.717) is 29.1 Å². The zero-order chi connectivity index (χ0) is 23.2. The average Bonchev–Trinajstić information content (AvgIpc) is 2.77. The molecule has 0 radical (unpaired) electrons. The molecule has 0 aromatic heterocycles. The van der Waals surface area contributed by atoms with E-state index < -0.39 is 11.1 Å². The fourth-order valence-corrected chi connectivity index (χ4v) is 3.99. The van der Waals surface area contributed by atoms with Gasteiger partial charge in [0.05, 0.1) is 6.42 Å². The lowest BCUT2D eigenvalue weighted by Crippen LogP contribution is -2.08. The number of esters is 2. The zero-order valence-corrected chi connectivity index (χ0v) is 18.6. The normalized spacial score (nSPS) is 10.5. The van der Waals surface area contributed by atoms with Crippen molar-refractivity contribution < 1.29 is 29.0 Å². The maximum atomic E-state index is 12.0. The largest absolute Gasteiger partial charge is 0.427 e. The van der Waals surface area contributed by atoms with Crippen molar-refractivity contribution in [3.8, 4) is 11.5 Å². The first kappa shape index (κ1) is 25.0. The molecule has 168 valence electrons. The fourth-order valence-electron chi connectivity index (χ4n) is 2.25. The molecule has 0 spiro atoms. The Morgan fingerprint density at radius 1 is 1.06 bits per heavy atom. The van der Waals surface area contributed by atoms with Gasteiger partial charge in [0.25, 0.3) is 5.09 Å². The van der Waals surface area contributed by atoms with Crippen molar-refractivity contribution in [2.75, 3.05) is 11.5 Å². The zero-order valence-electron chi connectivity index (χ0n) is 17.0. The second kappa shape index (κ2) is 13.9. The fraction of sp³-hybridized carbons (Fsp3) is 0.182. The highest BCUT2D eigenvalue weighted by Crippen LogP contribution is 2.22. The van der Waals surface area contributed by atoms with Gasteiger partial charge < -0.3 is 14.3 Å². The maximum absolute atomic E-state index is 12.0. The van der Waals surface area contributed by atoms with E-state index in [0.717, 1.165) is 5.75 Å². The Bertz CT molecular complexity index is 961. The molecule has 0 heterocycles. The summed E-state index contributed by atoms with van der Waals surface area (Å²) in [4.78, 5) is 38.4. The van der Waals surface area contributed by atoms with Gasteiger partial charge >= 0.3 is 11.9 Å². The minimum absolute atomic E-state index is 0.238. The predicted octanol–water partition coefficient (Wildman–Crippen LogP) is 4.88. The summed E-state index contributed by atoms with van der Waals surface area (Å²) in [5.74, 6) is 1.23. The minimum atomic E-state index is -0.891. The molecule has 0 unspecified atom stereocenters. The number of nitrogens with zero attached hydrogens (tertiary/aromatic N) is 1. The third kappa shape index (κ3) is 10.2. The van der Waals surface area contributed by atoms with Gasteiger partial charge in [-0.2, -0.15) is 0 Å². The first-order chi connectivity index (χ1) is 15.5. The highest BCUT2D eigenvalue weighted by Gasteiger charge is 2.06. The van der Waals surface area contributed by atoms with Gasteiger partial charge in [-0.15, -0.1) is 16.7 Å². The Balaban J connectivity index is 1.80. The van der Waals surface area contributed by atoms with E-state index in [1.165, 1.54) is 12.1 Å². The monoisotopic (exact) mass is 475 g/mol. The van der Waals surface area contributed by atoms with Crippen molar-refractivity contribution in [1.82, 2.24) is 0 Å². The van der Waals surface area contributed by atoms with Crippen molar-refractivity contribution in [3.05, 3.63) is 88.5 Å². The van der Waals surface area contributed by atoms with Crippen LogP contribution in [0.2, 0.25) is 0 Å². The Kier molecular flexibility index (Phi) is 10.9. The topological polar surface area (TPSA) is 105 Å². The summed E-state index contributed by atoms with van der Waals surface area (Å²) in [7, 11) is 3.22. The van der Waals surface area contributed by atoms with Crippen LogP contribution in [0.25, 0.3) is 6.08 Å². The van der Waals surface area contributed by atoms with E-state index in [9.17, 15) is 19.7 Å². The van der Waals surface area contributed by atoms with Crippen molar-refractivity contribution >= 4 is 39.6 Å². The third-order valence-corrected chi connectivity index (χ3v) is 5.95. The SMILES string of the molecule is C=CCSSCCC(=O)Oc1ccc(C=CC(=O)Oc2cccc(CO[N+](=O)[O-])c2)cc1. The quantitative estimate of drug-likeness (QED) is 0.0586. The predicted molar refractivity (Wildman–Crippen MR) is 125 cm³/mol. The van der Waals surface area contributed by atoms with E-state index in [-0.39, 0.29) is 18.3 Å². The van der Waals surface area contributed by atoms with Gasteiger partial charge in [-0.25, -0.2) is 4.79 Å². The second-order valence-corrected chi connectivity index (χ2v) is 8.71. The number of benzene rings is 2. The molecule has 0 saturated carbocycles. The van der Waals surface area contributed by atoms with Crippen LogP contribution in [0.4, 0.5) is 0 Å². The summed E-state index contributed by atoms with van der Waals surface area (Å²) in [6.45, 7) is 3.39. The highest BCUT2D eigenvalue weighted by molar-refractivity contribution is 8.76. The standard InChI is InChI=1S/C22H21NO7S2/c1-2-13-31-32-14-12-22(25)29-19-9-6-17(7-10-19)8-11-21(24)30-20-5-3-4-18(15-20)16-28-23(26)27/h2-11,15H,1,12-14,16H2. The van der Waals surface area contributed by atoms with Crippen LogP contribution in [0, 0.1) is 10.1 Å². The number of hydrogen-bond acceptors (Lipinski definition) is 9. The van der Waals surface area contributed by atoms with Crippen LogP contribution >= 0.6 is 21.6 Å². The highest BCUT2D eigenvalue weighted by atomic mass is 33.1. The molecule has 0 aliphatic carbocycles. The molecule has 0 bridgehead atoms. The van der Waals surface area contributed by atoms with Crippen LogP contribution in [0.5, 0.6) is 11.5 Å². The van der Waals surface area contributed by atoms with E-state index in [1.807, 2.05) is 0 Å². The van der Waals surface area contributed by atoms with Crippen molar-refractivity contribution in [1.29, 1.82) is 0 Å². The molecule has 0 atom stereocenters. The molecule has 2 aromatic carbocycles. The van der Waals surface area contributed by atoms with Gasteiger partial charge in [0, 0.05) is 17.6 Å². The van der Waals surface area contributed by atoms with Crippen molar-refractivity contribution in [2.45, 2.75) is 13.0 Å². The van der Waals surface area contributed by atoms with Crippen LogP contribution < -0.4 is 9.47 Å². The Morgan fingerprint density at radius 2 is 1.84 bits per heavy atom. The molecule has 0 aliphatic heterocycles. The Labute approximate surface area is 193 Å². The molecule has 2 aromatic rings. The number of ether oxygens (including phenoxy) is 2. The van der Waals surface area contributed by atoms with Crippen molar-refractivity contribution in [3.63, 3.8) is 0 Å². The molecule has 8 nitrogen and oxygen atoms in total. The van der Waals surface area contributed by atoms with Crippen LogP contribution in [-0.2, 0) is 21.0 Å². The van der Waals surface area contributed by atoms with Gasteiger partial charge in [-0.3, -0.25) is 4.79 Å². The minimum Gasteiger partial charge on any atom is -0.427 e. The summed E-state index contributed by atoms with van der Waals surface area (Å²) >= 11 is 0. The van der Waals surface area contributed by atoms with Crippen LogP contribution in [0.15, 0.2) is 67.3 Å². The van der Waals surface area contributed by atoms with Gasteiger partial charge in [-0.1, -0.05) is 51.9 Å². The van der Waals surface area contributed by atoms with Gasteiger partial charge in [0.15, 0.2) is 0 Å². The number of hydrogen-bond donors (Lipinski definition) is 0. The molecule has 32 heavy (non-hydrogen) atoms. The van der Waals surface area contributed by atoms with E-state index >= 15 is 0 Å². The summed E-state index contributed by atoms with van der Waals surface area (Å²) in [6.07, 6.45) is 4.92. The molecule has 0 saturated heterocycles. The summed E-state index contributed by atoms with van der Waals surface area (Å²) in [5, 5.41) is 9.37. The lowest BCUT2D eigenvalue weighted by Gasteiger charge is -2.05. The first-order valence-corrected chi connectivity index (χ1v) is 11.9. The molecule has 2 rings (SSSR count). The Hall–Kier alpha value is -3.24. The smallest absolute Gasteiger partial charge is 0.336 e. The summed E-state index contributed by atoms with van der Waals surface area (Å²) in [5.41, 5.74) is 1.21. The molecule has 0 amide bonds. The molecular weight excluding hydrogens is 454 g/mol. The lowest BCUT2D eigenvalue weighted by atomic mass is 10.2. The van der Waals surface area contributed by atoms with Crippen LogP contribution in [0.1, 0.15) is 17.5 Å². The van der Waals surface area contributed by atoms with Crippen LogP contribution in [0.3, 0.4) is 0 Å². The van der Waals surface area contributed by atoms with E-state index in [4.69, 9.17) is 9.47 Å². The maximum Gasteiger partial charge on any atom is 0.336 e. The molecule has 0 fully saturated rings. The third-order valence-electron chi connectivity index (χ3n) is 3.64. The van der Waals surface area contributed by atoms with Crippen molar-refractivity contribution in [2.24, 2.45) is 0 Å². The lowest BCUT2D eigenvalue weighted by molar-refractivity contribution is -0.763. The summed E-state index contributed by atoms with van der Waals surface area (Å²) in [6, 6.07) is 12.9. The first-order valence-electron chi connectivity index (χ1n) is 9.38. The molecule has 0 aliphatic rings. The molecule has 0 N–H and O–H groups in total. The molecule has 10 heteroatoms. The van der Waals surface area contributed by atoms with Crippen LogP contribution in [-0.4, -0.2) is 28.5 Å². The van der Waals surface area contributed by atoms with Gasteiger partial charge in [0.1, 0.15) is 18.1 Å². The number of carbonyl (C=O) groups is 2. The number of rotatable bonds is 13. The van der Waals surface area contributed by atoms with Gasteiger partial charge in [-0.05, 0) is 41.5 Å². The average molecular weight is 476 g/mol. The Morgan fingerprint density at radius 3 is 2.56 bits per heavy atom. The molecular formula is C22H21NO7S2. The summed E-state index contributed by atoms with van der Waals surface area (Å²) < 4.78 is 10.5. The number of carbonyl (C=O) groups excluding carboxylic acids is 2. The van der Waals surface area contributed by atoms with E-state index in [2.05, 4.69) is 11.4 Å². The van der Waals surface area contributed by atoms with E-state index in [1.54, 1.807) is 76.2 Å².